The number of carbonyl (C=O) groups excluding carboxylic acids is 3. The first-order valence-corrected chi connectivity index (χ1v) is 23.4. The summed E-state index contributed by atoms with van der Waals surface area (Å²) in [5, 5.41) is 7.31. The molecule has 0 aliphatic heterocycles. The Kier molecular flexibility index (Phi) is 21.2. The molecule has 16 heteroatoms. The Hall–Kier alpha value is -5.01. The molecule has 3 atom stereocenters. The lowest BCUT2D eigenvalue weighted by atomic mass is 9.90. The predicted octanol–water partition coefficient (Wildman–Crippen LogP) is 9.29. The highest BCUT2D eigenvalue weighted by atomic mass is 31.2. The van der Waals surface area contributed by atoms with E-state index in [0.29, 0.717) is 56.1 Å². The lowest BCUT2D eigenvalue weighted by Crippen LogP contribution is -2.48. The van der Waals surface area contributed by atoms with Gasteiger partial charge in [-0.3, -0.25) is 18.9 Å². The summed E-state index contributed by atoms with van der Waals surface area (Å²) in [6.45, 7) is 6.37. The van der Waals surface area contributed by atoms with Gasteiger partial charge in [0.25, 0.3) is 5.91 Å². The summed E-state index contributed by atoms with van der Waals surface area (Å²) < 4.78 is 35.5. The molecule has 1 aromatic heterocycles. The number of amides is 3. The van der Waals surface area contributed by atoms with E-state index in [1.807, 2.05) is 123 Å². The van der Waals surface area contributed by atoms with E-state index >= 15 is 0 Å². The van der Waals surface area contributed by atoms with Gasteiger partial charge in [0.1, 0.15) is 11.5 Å². The van der Waals surface area contributed by atoms with Crippen LogP contribution in [-0.4, -0.2) is 54.3 Å². The van der Waals surface area contributed by atoms with Crippen LogP contribution >= 0.6 is 17.0 Å². The third kappa shape index (κ3) is 16.2. The molecule has 0 saturated heterocycles. The highest BCUT2D eigenvalue weighted by Crippen LogP contribution is 2.42. The van der Waals surface area contributed by atoms with Crippen molar-refractivity contribution in [2.24, 2.45) is 5.92 Å². The molecule has 5 aromatic rings. The van der Waals surface area contributed by atoms with Gasteiger partial charge in [0, 0.05) is 10.9 Å². The monoisotopic (exact) mass is 901 g/mol. The van der Waals surface area contributed by atoms with E-state index in [-0.39, 0.29) is 24.9 Å². The number of ether oxygens (including phenoxy) is 1. The zero-order chi connectivity index (χ0) is 44.7. The van der Waals surface area contributed by atoms with Crippen LogP contribution in [0.25, 0.3) is 11.3 Å². The maximum absolute atomic E-state index is 13.7. The Morgan fingerprint density at radius 2 is 1.38 bits per heavy atom. The smallest absolute Gasteiger partial charge is 0.332 e. The third-order valence-corrected chi connectivity index (χ3v) is 11.8. The third-order valence-electron chi connectivity index (χ3n) is 9.74. The minimum Gasteiger partial charge on any atom is -0.494 e. The van der Waals surface area contributed by atoms with E-state index in [1.165, 1.54) is 0 Å². The van der Waals surface area contributed by atoms with Gasteiger partial charge in [-0.05, 0) is 66.8 Å². The van der Waals surface area contributed by atoms with Crippen molar-refractivity contribution < 1.29 is 51.4 Å². The van der Waals surface area contributed by atoms with E-state index in [2.05, 4.69) is 17.6 Å². The molecular formula is C47H57N3O11P2. The first kappa shape index (κ1) is 49.0. The van der Waals surface area contributed by atoms with Crippen LogP contribution in [0.15, 0.2) is 126 Å². The molecule has 3 unspecified atom stereocenters. The van der Waals surface area contributed by atoms with Gasteiger partial charge in [-0.25, -0.2) is 9.90 Å². The Morgan fingerprint density at radius 3 is 1.95 bits per heavy atom. The van der Waals surface area contributed by atoms with Gasteiger partial charge in [-0.1, -0.05) is 124 Å². The number of benzene rings is 4. The molecule has 63 heavy (non-hydrogen) atoms. The van der Waals surface area contributed by atoms with Crippen LogP contribution in [0.3, 0.4) is 0 Å². The van der Waals surface area contributed by atoms with Crippen LogP contribution in [0.4, 0.5) is 0 Å². The number of rotatable bonds is 29. The van der Waals surface area contributed by atoms with E-state index in [1.54, 1.807) is 12.1 Å². The predicted molar refractivity (Wildman–Crippen MR) is 242 cm³/mol. The van der Waals surface area contributed by atoms with Crippen molar-refractivity contribution in [1.29, 1.82) is 0 Å². The number of nitrogens with one attached hydrogen (secondary N) is 2. The number of hydrogen-bond acceptors (Lipinski definition) is 11. The van der Waals surface area contributed by atoms with Crippen molar-refractivity contribution in [3.05, 3.63) is 144 Å². The van der Waals surface area contributed by atoms with Crippen LogP contribution < -0.4 is 20.7 Å². The zero-order valence-electron chi connectivity index (χ0n) is 35.9. The van der Waals surface area contributed by atoms with Gasteiger partial charge in [-0.2, -0.15) is 0 Å². The van der Waals surface area contributed by atoms with Crippen LogP contribution in [-0.2, 0) is 52.3 Å². The highest BCUT2D eigenvalue weighted by molar-refractivity contribution is 7.56. The summed E-state index contributed by atoms with van der Waals surface area (Å²) in [4.78, 5) is 55.0. The second-order valence-corrected chi connectivity index (χ2v) is 16.8. The average molecular weight is 902 g/mol. The second-order valence-electron chi connectivity index (χ2n) is 14.2. The van der Waals surface area contributed by atoms with Crippen LogP contribution in [0.1, 0.15) is 80.1 Å². The number of hydrogen-bond donors (Lipinski definition) is 3. The average Bonchev–Trinajstić information content (AvgIpc) is 3.82. The Bertz CT molecular complexity index is 2050. The Labute approximate surface area is 372 Å². The molecule has 0 radical (unpaired) electrons. The number of unbranched alkanes of at least 4 members (excludes halogenated alkanes) is 2. The Balaban J connectivity index is 1.21. The largest absolute Gasteiger partial charge is 0.494 e. The number of furan rings is 1. The number of carbonyl (C=O) groups is 3. The van der Waals surface area contributed by atoms with Gasteiger partial charge in [-0.15, -0.1) is 0 Å². The van der Waals surface area contributed by atoms with Gasteiger partial charge in [0.15, 0.2) is 12.6 Å². The SMILES string of the molecule is CCCCCC(C(=O)NCNC(=O)c1ccc(-c2cc(OCC)cc(P(OCc3ccccc3)OCc3ccccc3)c2)o1)C(CC)N(C=O)OCOP(O)OCc1ccccc1. The van der Waals surface area contributed by atoms with Crippen molar-refractivity contribution in [2.45, 2.75) is 78.7 Å². The zero-order valence-corrected chi connectivity index (χ0v) is 37.7. The second kappa shape index (κ2) is 27.2. The number of hydroxylamine groups is 2. The Morgan fingerprint density at radius 1 is 0.762 bits per heavy atom. The molecule has 3 N–H and O–H groups in total. The fraction of sp³-hybridized carbons (Fsp3) is 0.340. The van der Waals surface area contributed by atoms with Crippen molar-refractivity contribution >= 4 is 40.5 Å². The quantitative estimate of drug-likeness (QED) is 0.0138. The summed E-state index contributed by atoms with van der Waals surface area (Å²) in [6, 6.07) is 37.3. The van der Waals surface area contributed by atoms with Crippen molar-refractivity contribution in [3.8, 4) is 17.1 Å². The van der Waals surface area contributed by atoms with Gasteiger partial charge in [0.2, 0.25) is 20.7 Å². The minimum atomic E-state index is -2.28. The molecular weight excluding hydrogens is 844 g/mol. The van der Waals surface area contributed by atoms with E-state index in [4.69, 9.17) is 32.1 Å². The molecule has 3 amide bonds. The standard InChI is InChI=1S/C47H57N3O11P2/c1-4-7-11-24-42(43(5-2)50(34-51)56-35-60-63(54)59-32-38-22-16-10-17-23-38)46(52)48-33-49-47(53)45-26-25-44(61-45)39-27-40(55-6-3)29-41(28-39)62(57-30-36-18-12-8-13-19-36)58-31-37-20-14-9-15-21-37/h8-10,12-23,25-29,34,42-43,54H,4-7,11,24,30-33,35H2,1-3H3,(H,48,52)(H,49,53). The summed E-state index contributed by atoms with van der Waals surface area (Å²) in [5.41, 5.74) is 3.52. The fourth-order valence-electron chi connectivity index (χ4n) is 6.56. The topological polar surface area (TPSA) is 167 Å². The van der Waals surface area contributed by atoms with Crippen molar-refractivity contribution in [2.75, 3.05) is 20.1 Å². The molecule has 0 aliphatic carbocycles. The van der Waals surface area contributed by atoms with E-state index < -0.39 is 41.6 Å². The maximum Gasteiger partial charge on any atom is 0.332 e. The van der Waals surface area contributed by atoms with E-state index in [9.17, 15) is 19.3 Å². The first-order chi connectivity index (χ1) is 30.8. The molecule has 14 nitrogen and oxygen atoms in total. The van der Waals surface area contributed by atoms with Gasteiger partial charge in [0.05, 0.1) is 45.1 Å². The first-order valence-electron chi connectivity index (χ1n) is 21.0. The molecule has 336 valence electrons. The summed E-state index contributed by atoms with van der Waals surface area (Å²) >= 11 is 0. The highest BCUT2D eigenvalue weighted by Gasteiger charge is 2.32. The van der Waals surface area contributed by atoms with Crippen molar-refractivity contribution in [1.82, 2.24) is 15.7 Å². The van der Waals surface area contributed by atoms with Gasteiger partial charge >= 0.3 is 8.60 Å². The van der Waals surface area contributed by atoms with Crippen LogP contribution in [0, 0.1) is 5.92 Å². The van der Waals surface area contributed by atoms with Crippen LogP contribution in [0.5, 0.6) is 5.75 Å². The van der Waals surface area contributed by atoms with E-state index in [0.717, 1.165) is 46.3 Å². The lowest BCUT2D eigenvalue weighted by molar-refractivity contribution is -0.220. The molecule has 4 aromatic carbocycles. The minimum absolute atomic E-state index is 0.0357. The normalized spacial score (nSPS) is 12.7. The summed E-state index contributed by atoms with van der Waals surface area (Å²) in [6.07, 6.45) is 3.89. The maximum atomic E-state index is 13.7. The molecule has 0 fully saturated rings. The molecule has 5 rings (SSSR count). The molecule has 0 aliphatic rings. The fourth-order valence-corrected chi connectivity index (χ4v) is 8.41. The lowest BCUT2D eigenvalue weighted by Gasteiger charge is -2.32. The molecule has 0 bridgehead atoms. The molecule has 0 saturated carbocycles. The van der Waals surface area contributed by atoms with Crippen LogP contribution in [0.2, 0.25) is 0 Å². The summed E-state index contributed by atoms with van der Waals surface area (Å²) in [7, 11) is -3.87. The van der Waals surface area contributed by atoms with Crippen molar-refractivity contribution in [3.63, 3.8) is 0 Å². The molecule has 0 spiro atoms. The number of nitrogens with zero attached hydrogens (tertiary/aromatic N) is 1. The molecule has 1 heterocycles. The van der Waals surface area contributed by atoms with Gasteiger partial charge < -0.3 is 38.3 Å². The summed E-state index contributed by atoms with van der Waals surface area (Å²) in [5.74, 6) is -0.536.